The molecule has 8 nitrogen and oxygen atoms in total. The topological polar surface area (TPSA) is 103 Å². The molecule has 9 heteroatoms. The lowest BCUT2D eigenvalue weighted by atomic mass is 10.1. The van der Waals surface area contributed by atoms with E-state index in [9.17, 15) is 9.59 Å². The zero-order valence-corrected chi connectivity index (χ0v) is 16.7. The van der Waals surface area contributed by atoms with Gasteiger partial charge in [-0.15, -0.1) is 0 Å². The van der Waals surface area contributed by atoms with Gasteiger partial charge in [-0.05, 0) is 37.0 Å². The molecule has 0 unspecified atom stereocenters. The van der Waals surface area contributed by atoms with Gasteiger partial charge in [-0.3, -0.25) is 4.79 Å². The number of imidazole rings is 1. The van der Waals surface area contributed by atoms with Crippen molar-refractivity contribution in [2.24, 2.45) is 0 Å². The van der Waals surface area contributed by atoms with Crippen LogP contribution < -0.4 is 15.8 Å². The summed E-state index contributed by atoms with van der Waals surface area (Å²) in [5, 5.41) is 12.3. The van der Waals surface area contributed by atoms with E-state index in [1.807, 2.05) is 40.7 Å². The van der Waals surface area contributed by atoms with Gasteiger partial charge in [0.25, 0.3) is 5.56 Å². The van der Waals surface area contributed by atoms with Crippen molar-refractivity contribution in [1.29, 1.82) is 0 Å². The van der Waals surface area contributed by atoms with Crippen LogP contribution in [0, 0.1) is 6.92 Å². The number of H-pyrrole nitrogens is 1. The van der Waals surface area contributed by atoms with Crippen molar-refractivity contribution in [1.82, 2.24) is 19.9 Å². The molecule has 29 heavy (non-hydrogen) atoms. The minimum atomic E-state index is -1.03. The number of fused-ring (bicyclic) bond motifs is 1. The van der Waals surface area contributed by atoms with Gasteiger partial charge in [0.15, 0.2) is 0 Å². The molecule has 2 aromatic heterocycles. The van der Waals surface area contributed by atoms with Crippen LogP contribution >= 0.6 is 11.6 Å². The van der Waals surface area contributed by atoms with E-state index in [1.165, 1.54) is 0 Å². The molecule has 4 rings (SSSR count). The van der Waals surface area contributed by atoms with Gasteiger partial charge in [0, 0.05) is 30.4 Å². The Morgan fingerprint density at radius 1 is 1.41 bits per heavy atom. The average molecular weight is 416 g/mol. The summed E-state index contributed by atoms with van der Waals surface area (Å²) < 4.78 is 1.88. The number of aromatic nitrogens is 3. The van der Waals surface area contributed by atoms with Crippen LogP contribution in [0.25, 0.3) is 11.0 Å². The molecule has 1 aliphatic heterocycles. The number of halogens is 1. The molecule has 0 bridgehead atoms. The van der Waals surface area contributed by atoms with Crippen LogP contribution in [-0.4, -0.2) is 44.9 Å². The van der Waals surface area contributed by atoms with Crippen LogP contribution in [0.15, 0.2) is 35.3 Å². The highest BCUT2D eigenvalue weighted by molar-refractivity contribution is 6.31. The zero-order valence-electron chi connectivity index (χ0n) is 16.0. The predicted molar refractivity (Wildman–Crippen MR) is 112 cm³/mol. The lowest BCUT2D eigenvalue weighted by Gasteiger charge is -2.33. The van der Waals surface area contributed by atoms with E-state index in [4.69, 9.17) is 21.7 Å². The molecule has 1 amide bonds. The SMILES string of the molecule is Cc1c[nH]c(=O)c2c1nc(N1CCC[C@@H](NC(=O)O)C1)n2Cc1ccccc1Cl. The molecule has 3 N–H and O–H groups in total. The first-order valence-electron chi connectivity index (χ1n) is 9.50. The molecule has 0 saturated carbocycles. The Bertz CT molecular complexity index is 1120. The third kappa shape index (κ3) is 3.80. The summed E-state index contributed by atoms with van der Waals surface area (Å²) in [7, 11) is 0. The predicted octanol–water partition coefficient (Wildman–Crippen LogP) is 2.97. The highest BCUT2D eigenvalue weighted by Crippen LogP contribution is 2.27. The molecule has 0 radical (unpaired) electrons. The summed E-state index contributed by atoms with van der Waals surface area (Å²) in [6.07, 6.45) is 2.23. The van der Waals surface area contributed by atoms with Crippen LogP contribution in [0.5, 0.6) is 0 Å². The Morgan fingerprint density at radius 3 is 2.97 bits per heavy atom. The van der Waals surface area contributed by atoms with E-state index in [0.717, 1.165) is 30.5 Å². The van der Waals surface area contributed by atoms with E-state index < -0.39 is 6.09 Å². The normalized spacial score (nSPS) is 16.9. The molecular formula is C20H22ClN5O3. The lowest BCUT2D eigenvalue weighted by molar-refractivity contribution is 0.188. The molecule has 1 atom stereocenters. The zero-order chi connectivity index (χ0) is 20.5. The maximum atomic E-state index is 12.7. The Morgan fingerprint density at radius 2 is 2.21 bits per heavy atom. The number of nitrogens with one attached hydrogen (secondary N) is 2. The Kier molecular flexibility index (Phi) is 5.19. The number of benzene rings is 1. The number of carbonyl (C=O) groups is 1. The van der Waals surface area contributed by atoms with Crippen LogP contribution in [0.2, 0.25) is 5.02 Å². The molecule has 152 valence electrons. The van der Waals surface area contributed by atoms with Crippen molar-refractivity contribution in [3.63, 3.8) is 0 Å². The van der Waals surface area contributed by atoms with Crippen molar-refractivity contribution in [3.05, 3.63) is 57.0 Å². The first-order valence-corrected chi connectivity index (χ1v) is 9.88. The third-order valence-electron chi connectivity index (χ3n) is 5.27. The number of aryl methyl sites for hydroxylation is 1. The van der Waals surface area contributed by atoms with Crippen LogP contribution in [0.1, 0.15) is 24.0 Å². The molecule has 1 fully saturated rings. The van der Waals surface area contributed by atoms with Gasteiger partial charge >= 0.3 is 6.09 Å². The molecule has 1 aromatic carbocycles. The van der Waals surface area contributed by atoms with Crippen molar-refractivity contribution in [2.45, 2.75) is 32.4 Å². The summed E-state index contributed by atoms with van der Waals surface area (Å²) >= 11 is 6.37. The Balaban J connectivity index is 1.82. The number of hydrogen-bond donors (Lipinski definition) is 3. The lowest BCUT2D eigenvalue weighted by Crippen LogP contribution is -2.48. The first-order chi connectivity index (χ1) is 13.9. The van der Waals surface area contributed by atoms with Crippen molar-refractivity contribution in [3.8, 4) is 0 Å². The summed E-state index contributed by atoms with van der Waals surface area (Å²) in [5.74, 6) is 0.650. The van der Waals surface area contributed by atoms with E-state index in [1.54, 1.807) is 6.20 Å². The third-order valence-corrected chi connectivity index (χ3v) is 5.64. The second-order valence-corrected chi connectivity index (χ2v) is 7.73. The van der Waals surface area contributed by atoms with Gasteiger partial charge in [-0.1, -0.05) is 29.8 Å². The first kappa shape index (κ1) is 19.3. The summed E-state index contributed by atoms with van der Waals surface area (Å²) in [6, 6.07) is 7.33. The number of nitrogens with zero attached hydrogens (tertiary/aromatic N) is 3. The Hall–Kier alpha value is -3.00. The summed E-state index contributed by atoms with van der Waals surface area (Å²) in [4.78, 5) is 33.4. The highest BCUT2D eigenvalue weighted by Gasteiger charge is 2.27. The molecule has 0 aliphatic carbocycles. The smallest absolute Gasteiger partial charge is 0.404 e. The van der Waals surface area contributed by atoms with Gasteiger partial charge < -0.3 is 24.9 Å². The fourth-order valence-electron chi connectivity index (χ4n) is 3.90. The Labute approximate surface area is 172 Å². The minimum Gasteiger partial charge on any atom is -0.465 e. The fourth-order valence-corrected chi connectivity index (χ4v) is 4.09. The van der Waals surface area contributed by atoms with Crippen molar-refractivity contribution < 1.29 is 9.90 Å². The van der Waals surface area contributed by atoms with E-state index in [2.05, 4.69) is 10.3 Å². The van der Waals surface area contributed by atoms with E-state index in [-0.39, 0.29) is 11.6 Å². The number of pyridine rings is 1. The second-order valence-electron chi connectivity index (χ2n) is 7.32. The molecule has 3 heterocycles. The number of rotatable bonds is 4. The van der Waals surface area contributed by atoms with Gasteiger partial charge in [0.2, 0.25) is 5.95 Å². The molecular weight excluding hydrogens is 394 g/mol. The van der Waals surface area contributed by atoms with Gasteiger partial charge in [0.1, 0.15) is 11.0 Å². The van der Waals surface area contributed by atoms with Gasteiger partial charge in [-0.2, -0.15) is 0 Å². The second kappa shape index (κ2) is 7.79. The quantitative estimate of drug-likeness (QED) is 0.607. The monoisotopic (exact) mass is 415 g/mol. The number of piperidine rings is 1. The number of aromatic amines is 1. The van der Waals surface area contributed by atoms with Crippen molar-refractivity contribution in [2.75, 3.05) is 18.0 Å². The number of amides is 1. The number of carboxylic acid groups (broad SMARTS) is 1. The van der Waals surface area contributed by atoms with Gasteiger partial charge in [-0.25, -0.2) is 9.78 Å². The largest absolute Gasteiger partial charge is 0.465 e. The summed E-state index contributed by atoms with van der Waals surface area (Å²) in [6.45, 7) is 3.53. The molecule has 1 saturated heterocycles. The van der Waals surface area contributed by atoms with Crippen LogP contribution in [0.4, 0.5) is 10.7 Å². The maximum Gasteiger partial charge on any atom is 0.404 e. The molecule has 0 spiro atoms. The fraction of sp³-hybridized carbons (Fsp3) is 0.350. The maximum absolute atomic E-state index is 12.7. The van der Waals surface area contributed by atoms with Gasteiger partial charge in [0.05, 0.1) is 6.54 Å². The molecule has 3 aromatic rings. The minimum absolute atomic E-state index is 0.186. The number of anilines is 1. The van der Waals surface area contributed by atoms with Crippen molar-refractivity contribution >= 4 is 34.7 Å². The van der Waals surface area contributed by atoms with E-state index in [0.29, 0.717) is 35.1 Å². The highest BCUT2D eigenvalue weighted by atomic mass is 35.5. The van der Waals surface area contributed by atoms with Crippen LogP contribution in [-0.2, 0) is 6.54 Å². The molecule has 1 aliphatic rings. The van der Waals surface area contributed by atoms with E-state index >= 15 is 0 Å². The standard InChI is InChI=1S/C20H22ClN5O3/c1-12-9-22-18(27)17-16(12)24-19(25-8-4-6-14(11-25)23-20(28)29)26(17)10-13-5-2-3-7-15(13)21/h2-3,5,7,9,14,23H,4,6,8,10-11H2,1H3,(H,22,27)(H,28,29)/t14-/m1/s1. The summed E-state index contributed by atoms with van der Waals surface area (Å²) in [5.41, 5.74) is 2.68. The van der Waals surface area contributed by atoms with Crippen LogP contribution in [0.3, 0.4) is 0 Å². The average Bonchev–Trinajstić information content (AvgIpc) is 3.07. The number of hydrogen-bond acceptors (Lipinski definition) is 4.